The Morgan fingerprint density at radius 3 is 2.41 bits per heavy atom. The van der Waals surface area contributed by atoms with Gasteiger partial charge in [0.05, 0.1) is 7.11 Å². The third kappa shape index (κ3) is 5.54. The zero-order valence-corrected chi connectivity index (χ0v) is 14.0. The van der Waals surface area contributed by atoms with Crippen LogP contribution in [0.4, 0.5) is 0 Å². The first-order valence-electron chi connectivity index (χ1n) is 7.01. The maximum atomic E-state index is 5.66. The Morgan fingerprint density at radius 2 is 1.68 bits per heavy atom. The van der Waals surface area contributed by atoms with E-state index in [1.807, 2.05) is 42.5 Å². The Bertz CT molecular complexity index is 581. The van der Waals surface area contributed by atoms with Crippen LogP contribution in [0.5, 0.6) is 17.4 Å². The number of benzene rings is 1. The van der Waals surface area contributed by atoms with Crippen LogP contribution >= 0.6 is 15.9 Å². The van der Waals surface area contributed by atoms with Crippen LogP contribution in [-0.4, -0.2) is 38.4 Å². The molecule has 0 unspecified atom stereocenters. The lowest BCUT2D eigenvalue weighted by Crippen LogP contribution is -2.26. The Kier molecular flexibility index (Phi) is 6.99. The van der Waals surface area contributed by atoms with E-state index in [-0.39, 0.29) is 0 Å². The monoisotopic (exact) mass is 366 g/mol. The van der Waals surface area contributed by atoms with Crippen LogP contribution in [-0.2, 0) is 0 Å². The van der Waals surface area contributed by atoms with E-state index in [0.717, 1.165) is 29.2 Å². The third-order valence-corrected chi connectivity index (χ3v) is 3.27. The summed E-state index contributed by atoms with van der Waals surface area (Å²) in [4.78, 5) is 4.19. The summed E-state index contributed by atoms with van der Waals surface area (Å²) in [6.45, 7) is 2.57. The lowest BCUT2D eigenvalue weighted by Gasteiger charge is -2.11. The van der Waals surface area contributed by atoms with Gasteiger partial charge >= 0.3 is 0 Å². The van der Waals surface area contributed by atoms with Gasteiger partial charge in [0, 0.05) is 19.2 Å². The van der Waals surface area contributed by atoms with Crippen molar-refractivity contribution in [2.75, 3.05) is 33.4 Å². The molecule has 6 heteroatoms. The summed E-state index contributed by atoms with van der Waals surface area (Å²) in [6, 6.07) is 13.2. The average Bonchev–Trinajstić information content (AvgIpc) is 2.54. The minimum Gasteiger partial charge on any atom is -0.493 e. The molecule has 0 aliphatic heterocycles. The van der Waals surface area contributed by atoms with Crippen molar-refractivity contribution in [3.8, 4) is 17.4 Å². The van der Waals surface area contributed by atoms with Gasteiger partial charge in [-0.3, -0.25) is 0 Å². The van der Waals surface area contributed by atoms with Gasteiger partial charge in [0.25, 0.3) is 0 Å². The lowest BCUT2D eigenvalue weighted by molar-refractivity contribution is 0.274. The molecule has 22 heavy (non-hydrogen) atoms. The fraction of sp³-hybridized carbons (Fsp3) is 0.312. The zero-order chi connectivity index (χ0) is 15.6. The molecule has 2 rings (SSSR count). The van der Waals surface area contributed by atoms with Gasteiger partial charge in [-0.15, -0.1) is 0 Å². The van der Waals surface area contributed by atoms with Gasteiger partial charge in [0.1, 0.15) is 17.8 Å². The maximum absolute atomic E-state index is 5.66. The molecule has 0 amide bonds. The standard InChI is InChI=1S/C16H19BrN2O3/c1-20-13-5-2-3-6-14(13)21-11-9-18-10-12-22-16-8-4-7-15(17)19-16/h2-8,18H,9-12H2,1H3. The SMILES string of the molecule is COc1ccccc1OCCNCCOc1cccc(Br)n1. The Balaban J connectivity index is 1.58. The average molecular weight is 367 g/mol. The van der Waals surface area contributed by atoms with E-state index in [9.17, 15) is 0 Å². The third-order valence-electron chi connectivity index (χ3n) is 2.82. The molecule has 0 radical (unpaired) electrons. The van der Waals surface area contributed by atoms with E-state index < -0.39 is 0 Å². The van der Waals surface area contributed by atoms with Crippen molar-refractivity contribution >= 4 is 15.9 Å². The predicted octanol–water partition coefficient (Wildman–Crippen LogP) is 2.90. The minimum absolute atomic E-state index is 0.554. The van der Waals surface area contributed by atoms with Gasteiger partial charge in [0.2, 0.25) is 5.88 Å². The van der Waals surface area contributed by atoms with Crippen LogP contribution in [0.15, 0.2) is 47.1 Å². The highest BCUT2D eigenvalue weighted by molar-refractivity contribution is 9.10. The first-order chi connectivity index (χ1) is 10.8. The van der Waals surface area contributed by atoms with Crippen LogP contribution in [0, 0.1) is 0 Å². The van der Waals surface area contributed by atoms with E-state index in [0.29, 0.717) is 19.1 Å². The van der Waals surface area contributed by atoms with Gasteiger partial charge in [-0.2, -0.15) is 0 Å². The van der Waals surface area contributed by atoms with E-state index in [1.54, 1.807) is 7.11 Å². The molecular formula is C16H19BrN2O3. The van der Waals surface area contributed by atoms with Crippen LogP contribution in [0.2, 0.25) is 0 Å². The molecular weight excluding hydrogens is 348 g/mol. The maximum Gasteiger partial charge on any atom is 0.214 e. The van der Waals surface area contributed by atoms with Crippen molar-refractivity contribution in [2.45, 2.75) is 0 Å². The molecule has 0 fully saturated rings. The van der Waals surface area contributed by atoms with Crippen molar-refractivity contribution in [2.24, 2.45) is 0 Å². The summed E-state index contributed by atoms with van der Waals surface area (Å²) < 4.78 is 17.2. The number of halogens is 1. The number of nitrogens with one attached hydrogen (secondary N) is 1. The quantitative estimate of drug-likeness (QED) is 0.546. The normalized spacial score (nSPS) is 10.3. The number of hydrogen-bond acceptors (Lipinski definition) is 5. The highest BCUT2D eigenvalue weighted by atomic mass is 79.9. The van der Waals surface area contributed by atoms with Crippen molar-refractivity contribution in [3.63, 3.8) is 0 Å². The summed E-state index contributed by atoms with van der Waals surface area (Å²) >= 11 is 3.31. The highest BCUT2D eigenvalue weighted by Gasteiger charge is 2.01. The van der Waals surface area contributed by atoms with E-state index in [1.165, 1.54) is 0 Å². The summed E-state index contributed by atoms with van der Waals surface area (Å²) in [7, 11) is 1.63. The zero-order valence-electron chi connectivity index (χ0n) is 12.4. The summed E-state index contributed by atoms with van der Waals surface area (Å²) in [5.74, 6) is 2.11. The van der Waals surface area contributed by atoms with Gasteiger partial charge in [-0.25, -0.2) is 4.98 Å². The molecule has 118 valence electrons. The van der Waals surface area contributed by atoms with Crippen LogP contribution < -0.4 is 19.5 Å². The molecule has 1 aromatic heterocycles. The first-order valence-corrected chi connectivity index (χ1v) is 7.81. The predicted molar refractivity (Wildman–Crippen MR) is 88.8 cm³/mol. The Hall–Kier alpha value is -1.79. The number of hydrogen-bond donors (Lipinski definition) is 1. The largest absolute Gasteiger partial charge is 0.493 e. The molecule has 2 aromatic rings. The van der Waals surface area contributed by atoms with E-state index >= 15 is 0 Å². The van der Waals surface area contributed by atoms with Crippen molar-refractivity contribution in [3.05, 3.63) is 47.1 Å². The first kappa shape index (κ1) is 16.6. The number of para-hydroxylation sites is 2. The molecule has 0 bridgehead atoms. The topological polar surface area (TPSA) is 52.6 Å². The summed E-state index contributed by atoms with van der Waals surface area (Å²) in [5.41, 5.74) is 0. The molecule has 1 heterocycles. The molecule has 0 spiro atoms. The van der Waals surface area contributed by atoms with Crippen LogP contribution in [0.25, 0.3) is 0 Å². The Labute approximate surface area is 138 Å². The lowest BCUT2D eigenvalue weighted by atomic mass is 10.3. The number of pyridine rings is 1. The summed E-state index contributed by atoms with van der Waals surface area (Å²) in [6.07, 6.45) is 0. The molecule has 0 aliphatic rings. The van der Waals surface area contributed by atoms with Gasteiger partial charge in [0.15, 0.2) is 11.5 Å². The fourth-order valence-electron chi connectivity index (χ4n) is 1.79. The molecule has 0 atom stereocenters. The number of methoxy groups -OCH3 is 1. The molecule has 1 N–H and O–H groups in total. The summed E-state index contributed by atoms with van der Waals surface area (Å²) in [5, 5.41) is 3.25. The van der Waals surface area contributed by atoms with Gasteiger partial charge < -0.3 is 19.5 Å². The van der Waals surface area contributed by atoms with E-state index in [4.69, 9.17) is 14.2 Å². The second-order valence-electron chi connectivity index (χ2n) is 4.40. The van der Waals surface area contributed by atoms with Crippen molar-refractivity contribution in [1.29, 1.82) is 0 Å². The second kappa shape index (κ2) is 9.27. The second-order valence-corrected chi connectivity index (χ2v) is 5.21. The minimum atomic E-state index is 0.554. The van der Waals surface area contributed by atoms with Crippen molar-refractivity contribution < 1.29 is 14.2 Å². The Morgan fingerprint density at radius 1 is 0.955 bits per heavy atom. The highest BCUT2D eigenvalue weighted by Crippen LogP contribution is 2.25. The van der Waals surface area contributed by atoms with E-state index in [2.05, 4.69) is 26.2 Å². The molecule has 0 saturated carbocycles. The molecule has 1 aromatic carbocycles. The smallest absolute Gasteiger partial charge is 0.214 e. The molecule has 0 saturated heterocycles. The van der Waals surface area contributed by atoms with Crippen LogP contribution in [0.3, 0.4) is 0 Å². The molecule has 5 nitrogen and oxygen atoms in total. The molecule has 0 aliphatic carbocycles. The number of aromatic nitrogens is 1. The van der Waals surface area contributed by atoms with Crippen LogP contribution in [0.1, 0.15) is 0 Å². The number of rotatable bonds is 9. The van der Waals surface area contributed by atoms with Gasteiger partial charge in [-0.1, -0.05) is 18.2 Å². The van der Waals surface area contributed by atoms with Gasteiger partial charge in [-0.05, 0) is 34.1 Å². The number of ether oxygens (including phenoxy) is 3. The fourth-order valence-corrected chi connectivity index (χ4v) is 2.12. The van der Waals surface area contributed by atoms with Crippen molar-refractivity contribution in [1.82, 2.24) is 10.3 Å². The number of nitrogens with zero attached hydrogens (tertiary/aromatic N) is 1.